The molecule has 1 N–H and O–H groups in total. The van der Waals surface area contributed by atoms with Crippen molar-refractivity contribution < 1.29 is 14.3 Å². The number of hydrogen-bond donors (Lipinski definition) is 1. The molecule has 1 fully saturated rings. The smallest absolute Gasteiger partial charge is 0.337 e. The molecule has 0 unspecified atom stereocenters. The van der Waals surface area contributed by atoms with Crippen molar-refractivity contribution in [2.75, 3.05) is 30.4 Å². The fraction of sp³-hybridized carbons (Fsp3) is 0.261. The molecule has 1 aliphatic heterocycles. The molecule has 1 aromatic heterocycles. The second-order valence-electron chi connectivity index (χ2n) is 7.27. The average molecular weight is 456 g/mol. The number of rotatable bonds is 6. The second-order valence-corrected chi connectivity index (χ2v) is 8.53. The number of ether oxygens (including phenoxy) is 1. The molecule has 2 heterocycles. The van der Waals surface area contributed by atoms with Gasteiger partial charge in [0, 0.05) is 24.0 Å². The quantitative estimate of drug-likeness (QED) is 0.528. The molecule has 0 spiro atoms. The summed E-state index contributed by atoms with van der Waals surface area (Å²) >= 11 is 7.71. The highest BCUT2D eigenvalue weighted by molar-refractivity contribution is 7.13. The van der Waals surface area contributed by atoms with Crippen LogP contribution in [0.3, 0.4) is 0 Å². The van der Waals surface area contributed by atoms with Crippen molar-refractivity contribution in [2.45, 2.75) is 19.3 Å². The summed E-state index contributed by atoms with van der Waals surface area (Å²) in [7, 11) is 1.34. The van der Waals surface area contributed by atoms with Crippen molar-refractivity contribution in [1.82, 2.24) is 4.98 Å². The van der Waals surface area contributed by atoms with Crippen LogP contribution in [0.5, 0.6) is 0 Å². The van der Waals surface area contributed by atoms with Crippen molar-refractivity contribution in [2.24, 2.45) is 0 Å². The van der Waals surface area contributed by atoms with Gasteiger partial charge in [0.15, 0.2) is 0 Å². The summed E-state index contributed by atoms with van der Waals surface area (Å²) in [6.45, 7) is 1.85. The molecule has 0 saturated carbocycles. The number of benzene rings is 2. The Bertz CT molecular complexity index is 1110. The third-order valence-corrected chi connectivity index (χ3v) is 6.39. The van der Waals surface area contributed by atoms with Crippen molar-refractivity contribution in [3.8, 4) is 10.6 Å². The summed E-state index contributed by atoms with van der Waals surface area (Å²) in [5.74, 6) is -0.633. The van der Waals surface area contributed by atoms with E-state index in [1.54, 1.807) is 12.1 Å². The molecule has 8 heteroatoms. The van der Waals surface area contributed by atoms with Crippen molar-refractivity contribution in [3.63, 3.8) is 0 Å². The maximum atomic E-state index is 12.8. The van der Waals surface area contributed by atoms with E-state index < -0.39 is 5.97 Å². The highest BCUT2D eigenvalue weighted by atomic mass is 35.5. The molecule has 3 aromatic rings. The zero-order chi connectivity index (χ0) is 21.8. The molecule has 0 atom stereocenters. The van der Waals surface area contributed by atoms with Crippen LogP contribution in [-0.4, -0.2) is 37.1 Å². The lowest BCUT2D eigenvalue weighted by atomic mass is 10.1. The van der Waals surface area contributed by atoms with E-state index in [-0.39, 0.29) is 12.3 Å². The number of nitrogens with one attached hydrogen (secondary N) is 1. The first kappa shape index (κ1) is 21.3. The largest absolute Gasteiger partial charge is 0.465 e. The average Bonchev–Trinajstić information content (AvgIpc) is 3.46. The Morgan fingerprint density at radius 3 is 2.71 bits per heavy atom. The molecular formula is C23H22ClN3O3S. The van der Waals surface area contributed by atoms with Gasteiger partial charge >= 0.3 is 5.97 Å². The topological polar surface area (TPSA) is 71.5 Å². The van der Waals surface area contributed by atoms with Crippen molar-refractivity contribution in [1.29, 1.82) is 0 Å². The zero-order valence-electron chi connectivity index (χ0n) is 17.1. The van der Waals surface area contributed by atoms with Crippen molar-refractivity contribution >= 4 is 46.2 Å². The molecule has 0 radical (unpaired) electrons. The molecule has 6 nitrogen and oxygen atoms in total. The Hall–Kier alpha value is -2.90. The van der Waals surface area contributed by atoms with Gasteiger partial charge in [-0.25, -0.2) is 9.78 Å². The monoisotopic (exact) mass is 455 g/mol. The fourth-order valence-corrected chi connectivity index (χ4v) is 4.76. The predicted octanol–water partition coefficient (Wildman–Crippen LogP) is 5.03. The number of esters is 1. The first-order chi connectivity index (χ1) is 15.0. The Morgan fingerprint density at radius 2 is 1.97 bits per heavy atom. The number of thiazole rings is 1. The van der Waals surface area contributed by atoms with Crippen LogP contribution >= 0.6 is 22.9 Å². The number of methoxy groups -OCH3 is 1. The number of carbonyl (C=O) groups excluding carboxylic acids is 2. The van der Waals surface area contributed by atoms with Gasteiger partial charge in [-0.2, -0.15) is 0 Å². The van der Waals surface area contributed by atoms with Crippen LogP contribution in [0.2, 0.25) is 5.02 Å². The van der Waals surface area contributed by atoms with E-state index in [1.807, 2.05) is 35.7 Å². The number of halogens is 1. The maximum absolute atomic E-state index is 12.8. The summed E-state index contributed by atoms with van der Waals surface area (Å²) in [4.78, 5) is 31.6. The van der Waals surface area contributed by atoms with E-state index >= 15 is 0 Å². The van der Waals surface area contributed by atoms with Crippen LogP contribution < -0.4 is 10.2 Å². The molecule has 2 aromatic carbocycles. The Morgan fingerprint density at radius 1 is 1.19 bits per heavy atom. The molecule has 0 aliphatic carbocycles. The van der Waals surface area contributed by atoms with E-state index in [1.165, 1.54) is 18.4 Å². The normalized spacial score (nSPS) is 13.3. The Kier molecular flexibility index (Phi) is 6.53. The SMILES string of the molecule is COC(=O)c1ccc(N2CCCC2)c(NC(=O)Cc2csc(-c3ccccc3Cl)n2)c1. The van der Waals surface area contributed by atoms with E-state index in [2.05, 4.69) is 15.2 Å². The standard InChI is InChI=1S/C23H22ClN3O3S/c1-30-23(29)15-8-9-20(27-10-4-5-11-27)19(12-15)26-21(28)13-16-14-31-22(25-16)17-6-2-3-7-18(17)24/h2-3,6-9,12,14H,4-5,10-11,13H2,1H3,(H,26,28). The molecule has 1 amide bonds. The molecule has 1 saturated heterocycles. The molecule has 31 heavy (non-hydrogen) atoms. The van der Waals surface area contributed by atoms with Gasteiger partial charge in [0.25, 0.3) is 0 Å². The van der Waals surface area contributed by atoms with Crippen molar-refractivity contribution in [3.05, 3.63) is 64.1 Å². The minimum absolute atomic E-state index is 0.128. The van der Waals surface area contributed by atoms with Gasteiger partial charge in [0.1, 0.15) is 5.01 Å². The van der Waals surface area contributed by atoms with Crippen LogP contribution in [-0.2, 0) is 16.0 Å². The van der Waals surface area contributed by atoms with Gasteiger partial charge in [-0.05, 0) is 37.1 Å². The summed E-state index contributed by atoms with van der Waals surface area (Å²) in [5.41, 5.74) is 3.44. The zero-order valence-corrected chi connectivity index (χ0v) is 18.6. The molecular weight excluding hydrogens is 434 g/mol. The van der Waals surface area contributed by atoms with Crippen LogP contribution in [0.4, 0.5) is 11.4 Å². The first-order valence-electron chi connectivity index (χ1n) is 10.0. The lowest BCUT2D eigenvalue weighted by Gasteiger charge is -2.22. The minimum atomic E-state index is -0.438. The number of aromatic nitrogens is 1. The van der Waals surface area contributed by atoms with Crippen LogP contribution in [0.15, 0.2) is 47.8 Å². The molecule has 160 valence electrons. The van der Waals surface area contributed by atoms with E-state index in [9.17, 15) is 9.59 Å². The number of amides is 1. The summed E-state index contributed by atoms with van der Waals surface area (Å²) in [6, 6.07) is 12.8. The first-order valence-corrected chi connectivity index (χ1v) is 11.3. The van der Waals surface area contributed by atoms with Crippen LogP contribution in [0.25, 0.3) is 10.6 Å². The molecule has 1 aliphatic rings. The molecule has 0 bridgehead atoms. The highest BCUT2D eigenvalue weighted by Crippen LogP contribution is 2.32. The summed E-state index contributed by atoms with van der Waals surface area (Å²) in [5, 5.41) is 6.24. The third-order valence-electron chi connectivity index (χ3n) is 5.14. The minimum Gasteiger partial charge on any atom is -0.465 e. The Labute approximate surface area is 189 Å². The third kappa shape index (κ3) is 4.89. The highest BCUT2D eigenvalue weighted by Gasteiger charge is 2.20. The van der Waals surface area contributed by atoms with Gasteiger partial charge in [0.2, 0.25) is 5.91 Å². The van der Waals surface area contributed by atoms with E-state index in [0.29, 0.717) is 22.0 Å². The Balaban J connectivity index is 1.52. The fourth-order valence-electron chi connectivity index (χ4n) is 3.62. The van der Waals surface area contributed by atoms with Gasteiger partial charge in [-0.15, -0.1) is 11.3 Å². The summed E-state index contributed by atoms with van der Waals surface area (Å²) in [6.07, 6.45) is 2.34. The van der Waals surface area contributed by atoms with E-state index in [0.717, 1.165) is 42.2 Å². The number of nitrogens with zero attached hydrogens (tertiary/aromatic N) is 2. The van der Waals surface area contributed by atoms with E-state index in [4.69, 9.17) is 16.3 Å². The van der Waals surface area contributed by atoms with Crippen LogP contribution in [0, 0.1) is 0 Å². The predicted molar refractivity (Wildman–Crippen MR) is 124 cm³/mol. The molecule has 4 rings (SSSR count). The maximum Gasteiger partial charge on any atom is 0.337 e. The van der Waals surface area contributed by atoms with Gasteiger partial charge in [-0.1, -0.05) is 29.8 Å². The van der Waals surface area contributed by atoms with Gasteiger partial charge < -0.3 is 15.0 Å². The second kappa shape index (κ2) is 9.49. The number of hydrogen-bond acceptors (Lipinski definition) is 6. The van der Waals surface area contributed by atoms with Crippen LogP contribution in [0.1, 0.15) is 28.9 Å². The summed E-state index contributed by atoms with van der Waals surface area (Å²) < 4.78 is 4.83. The van der Waals surface area contributed by atoms with Gasteiger partial charge in [0.05, 0.1) is 41.2 Å². The lowest BCUT2D eigenvalue weighted by Crippen LogP contribution is -2.22. The number of anilines is 2. The number of carbonyl (C=O) groups is 2. The van der Waals surface area contributed by atoms with Gasteiger partial charge in [-0.3, -0.25) is 4.79 Å². The lowest BCUT2D eigenvalue weighted by molar-refractivity contribution is -0.115.